The molecule has 0 aliphatic heterocycles. The Morgan fingerprint density at radius 1 is 1.32 bits per heavy atom. The molecule has 3 rings (SSSR count). The van der Waals surface area contributed by atoms with E-state index < -0.39 is 0 Å². The van der Waals surface area contributed by atoms with Crippen LogP contribution in [0, 0.1) is 5.92 Å². The normalized spacial score (nSPS) is 18.4. The van der Waals surface area contributed by atoms with E-state index in [1.54, 1.807) is 0 Å². The summed E-state index contributed by atoms with van der Waals surface area (Å²) in [5.41, 5.74) is 7.57. The number of nitrogens with two attached hydrogens (primary N) is 1. The molecule has 100 valence electrons. The summed E-state index contributed by atoms with van der Waals surface area (Å²) in [6, 6.07) is 8.17. The molecule has 3 heteroatoms. The summed E-state index contributed by atoms with van der Waals surface area (Å²) in [4.78, 5) is 4.32. The van der Waals surface area contributed by atoms with Gasteiger partial charge in [-0.2, -0.15) is 0 Å². The van der Waals surface area contributed by atoms with Crippen LogP contribution in [-0.2, 0) is 4.74 Å². The molecule has 1 aromatic carbocycles. The molecular weight excluding hydrogens is 236 g/mol. The highest BCUT2D eigenvalue weighted by atomic mass is 16.5. The summed E-state index contributed by atoms with van der Waals surface area (Å²) in [7, 11) is 0. The van der Waals surface area contributed by atoms with Crippen molar-refractivity contribution in [2.24, 2.45) is 11.7 Å². The van der Waals surface area contributed by atoms with Gasteiger partial charge in [0.05, 0.1) is 12.1 Å². The van der Waals surface area contributed by atoms with Gasteiger partial charge in [0.25, 0.3) is 0 Å². The van der Waals surface area contributed by atoms with Crippen molar-refractivity contribution in [2.45, 2.75) is 31.9 Å². The third-order valence-corrected chi connectivity index (χ3v) is 3.86. The van der Waals surface area contributed by atoms with Gasteiger partial charge in [-0.3, -0.25) is 4.98 Å². The Balaban J connectivity index is 1.98. The van der Waals surface area contributed by atoms with Gasteiger partial charge < -0.3 is 10.5 Å². The van der Waals surface area contributed by atoms with Crippen molar-refractivity contribution in [1.29, 1.82) is 0 Å². The zero-order valence-corrected chi connectivity index (χ0v) is 11.3. The standard InChI is InChI=1S/C16H20N2O/c1-2-19-16(11-7-8-11)15(17)14-10-18-9-12-5-3-4-6-13(12)14/h3-6,9-11,15-16H,2,7-8,17H2,1H3. The number of nitrogens with zero attached hydrogens (tertiary/aromatic N) is 1. The second-order valence-corrected chi connectivity index (χ2v) is 5.23. The van der Waals surface area contributed by atoms with Crippen LogP contribution in [0.3, 0.4) is 0 Å². The van der Waals surface area contributed by atoms with Gasteiger partial charge in [-0.15, -0.1) is 0 Å². The molecule has 0 amide bonds. The summed E-state index contributed by atoms with van der Waals surface area (Å²) in [6.45, 7) is 2.75. The quantitative estimate of drug-likeness (QED) is 0.894. The van der Waals surface area contributed by atoms with Crippen molar-refractivity contribution >= 4 is 10.8 Å². The zero-order chi connectivity index (χ0) is 13.2. The van der Waals surface area contributed by atoms with Crippen molar-refractivity contribution in [1.82, 2.24) is 4.98 Å². The lowest BCUT2D eigenvalue weighted by Crippen LogP contribution is -2.31. The number of rotatable bonds is 5. The lowest BCUT2D eigenvalue weighted by Gasteiger charge is -2.24. The molecule has 0 spiro atoms. The van der Waals surface area contributed by atoms with Gasteiger partial charge in [-0.05, 0) is 36.6 Å². The number of benzene rings is 1. The van der Waals surface area contributed by atoms with Crippen molar-refractivity contribution in [3.8, 4) is 0 Å². The van der Waals surface area contributed by atoms with E-state index in [2.05, 4.69) is 17.1 Å². The maximum absolute atomic E-state index is 6.47. The smallest absolute Gasteiger partial charge is 0.0796 e. The van der Waals surface area contributed by atoms with Gasteiger partial charge in [0.15, 0.2) is 0 Å². The Hall–Kier alpha value is -1.45. The Kier molecular flexibility index (Phi) is 3.49. The highest BCUT2D eigenvalue weighted by Gasteiger charge is 2.36. The van der Waals surface area contributed by atoms with Crippen LogP contribution in [0.4, 0.5) is 0 Å². The van der Waals surface area contributed by atoms with E-state index in [4.69, 9.17) is 10.5 Å². The first-order valence-corrected chi connectivity index (χ1v) is 7.01. The maximum atomic E-state index is 6.47. The lowest BCUT2D eigenvalue weighted by atomic mass is 9.96. The van der Waals surface area contributed by atoms with Crippen LogP contribution < -0.4 is 5.73 Å². The minimum absolute atomic E-state index is 0.0916. The fourth-order valence-corrected chi connectivity index (χ4v) is 2.73. The van der Waals surface area contributed by atoms with E-state index in [-0.39, 0.29) is 12.1 Å². The zero-order valence-electron chi connectivity index (χ0n) is 11.3. The molecule has 1 aliphatic rings. The van der Waals surface area contributed by atoms with E-state index in [1.165, 1.54) is 18.2 Å². The van der Waals surface area contributed by atoms with Crippen LogP contribution in [0.25, 0.3) is 10.8 Å². The SMILES string of the molecule is CCOC(C1CC1)C(N)c1cncc2ccccc12. The van der Waals surface area contributed by atoms with Crippen molar-refractivity contribution in [2.75, 3.05) is 6.61 Å². The average molecular weight is 256 g/mol. The predicted molar refractivity (Wildman–Crippen MR) is 76.8 cm³/mol. The number of hydrogen-bond donors (Lipinski definition) is 1. The van der Waals surface area contributed by atoms with E-state index in [0.29, 0.717) is 12.5 Å². The summed E-state index contributed by atoms with van der Waals surface area (Å²) in [5, 5.41) is 2.33. The van der Waals surface area contributed by atoms with Crippen LogP contribution >= 0.6 is 0 Å². The molecule has 3 nitrogen and oxygen atoms in total. The third-order valence-electron chi connectivity index (χ3n) is 3.86. The molecule has 0 saturated heterocycles. The highest BCUT2D eigenvalue weighted by molar-refractivity contribution is 5.85. The van der Waals surface area contributed by atoms with Crippen molar-refractivity contribution in [3.63, 3.8) is 0 Å². The lowest BCUT2D eigenvalue weighted by molar-refractivity contribution is 0.0285. The molecule has 19 heavy (non-hydrogen) atoms. The van der Waals surface area contributed by atoms with Gasteiger partial charge in [0.1, 0.15) is 0 Å². The number of aromatic nitrogens is 1. The van der Waals surface area contributed by atoms with Gasteiger partial charge in [-0.25, -0.2) is 0 Å². The Bertz CT molecular complexity index is 560. The fourth-order valence-electron chi connectivity index (χ4n) is 2.73. The molecule has 1 heterocycles. The Labute approximate surface area is 113 Å². The largest absolute Gasteiger partial charge is 0.376 e. The molecule has 0 radical (unpaired) electrons. The summed E-state index contributed by atoms with van der Waals surface area (Å²) >= 11 is 0. The summed E-state index contributed by atoms with van der Waals surface area (Å²) in [6.07, 6.45) is 6.37. The first-order valence-electron chi connectivity index (χ1n) is 7.01. The molecule has 1 aliphatic carbocycles. The van der Waals surface area contributed by atoms with Gasteiger partial charge >= 0.3 is 0 Å². The van der Waals surface area contributed by atoms with Crippen molar-refractivity contribution in [3.05, 3.63) is 42.2 Å². The number of hydrogen-bond acceptors (Lipinski definition) is 3. The highest BCUT2D eigenvalue weighted by Crippen LogP contribution is 2.40. The molecule has 2 atom stereocenters. The summed E-state index contributed by atoms with van der Waals surface area (Å²) < 4.78 is 5.88. The molecule has 1 aromatic heterocycles. The number of fused-ring (bicyclic) bond motifs is 1. The molecule has 2 unspecified atom stereocenters. The van der Waals surface area contributed by atoms with Crippen LogP contribution in [0.1, 0.15) is 31.4 Å². The second kappa shape index (κ2) is 5.27. The molecule has 1 saturated carbocycles. The third kappa shape index (κ3) is 2.48. The monoisotopic (exact) mass is 256 g/mol. The van der Waals surface area contributed by atoms with Gasteiger partial charge in [-0.1, -0.05) is 24.3 Å². The van der Waals surface area contributed by atoms with Gasteiger partial charge in [0, 0.05) is 24.4 Å². The van der Waals surface area contributed by atoms with E-state index in [9.17, 15) is 0 Å². The van der Waals surface area contributed by atoms with E-state index >= 15 is 0 Å². The average Bonchev–Trinajstić information content (AvgIpc) is 3.28. The molecule has 1 fully saturated rings. The van der Waals surface area contributed by atoms with Crippen LogP contribution in [0.2, 0.25) is 0 Å². The van der Waals surface area contributed by atoms with E-state index in [1.807, 2.05) is 31.5 Å². The Morgan fingerprint density at radius 2 is 2.11 bits per heavy atom. The van der Waals surface area contributed by atoms with Gasteiger partial charge in [0.2, 0.25) is 0 Å². The maximum Gasteiger partial charge on any atom is 0.0796 e. The Morgan fingerprint density at radius 3 is 2.84 bits per heavy atom. The van der Waals surface area contributed by atoms with Crippen molar-refractivity contribution < 1.29 is 4.74 Å². The minimum Gasteiger partial charge on any atom is -0.376 e. The first kappa shape index (κ1) is 12.6. The summed E-state index contributed by atoms with van der Waals surface area (Å²) in [5.74, 6) is 0.619. The van der Waals surface area contributed by atoms with E-state index in [0.717, 1.165) is 10.9 Å². The topological polar surface area (TPSA) is 48.1 Å². The second-order valence-electron chi connectivity index (χ2n) is 5.23. The number of ether oxygens (including phenoxy) is 1. The van der Waals surface area contributed by atoms with Crippen LogP contribution in [0.15, 0.2) is 36.7 Å². The minimum atomic E-state index is -0.0916. The first-order chi connectivity index (χ1) is 9.31. The molecule has 2 N–H and O–H groups in total. The van der Waals surface area contributed by atoms with Crippen LogP contribution in [-0.4, -0.2) is 17.7 Å². The fraction of sp³-hybridized carbons (Fsp3) is 0.438. The predicted octanol–water partition coefficient (Wildman–Crippen LogP) is 3.05. The molecule has 0 bridgehead atoms. The molecule has 2 aromatic rings. The number of pyridine rings is 1. The van der Waals surface area contributed by atoms with Crippen LogP contribution in [0.5, 0.6) is 0 Å². The molecular formula is C16H20N2O.